The Morgan fingerprint density at radius 2 is 1.64 bits per heavy atom. The van der Waals surface area contributed by atoms with Gasteiger partial charge in [0.2, 0.25) is 5.84 Å². The van der Waals surface area contributed by atoms with Crippen molar-refractivity contribution in [3.63, 3.8) is 0 Å². The second-order valence-corrected chi connectivity index (χ2v) is 2.47. The molecule has 14 heavy (non-hydrogen) atoms. The van der Waals surface area contributed by atoms with E-state index in [0.29, 0.717) is 0 Å². The highest BCUT2D eigenvalue weighted by Crippen LogP contribution is 2.27. The van der Waals surface area contributed by atoms with Crippen molar-refractivity contribution >= 4 is 5.84 Å². The van der Waals surface area contributed by atoms with E-state index in [9.17, 15) is 26.3 Å². The molecule has 0 radical (unpaired) electrons. The number of halogens is 6. The zero-order chi connectivity index (χ0) is 11.0. The van der Waals surface area contributed by atoms with E-state index in [0.717, 1.165) is 0 Å². The van der Waals surface area contributed by atoms with Crippen LogP contribution in [0.15, 0.2) is 16.8 Å². The molecule has 0 bridgehead atoms. The lowest BCUT2D eigenvalue weighted by Crippen LogP contribution is -2.38. The Hall–Kier alpha value is -1.21. The minimum Gasteiger partial charge on any atom is -0.342 e. The van der Waals surface area contributed by atoms with E-state index in [2.05, 4.69) is 4.99 Å². The van der Waals surface area contributed by atoms with Gasteiger partial charge in [-0.05, 0) is 0 Å². The van der Waals surface area contributed by atoms with Gasteiger partial charge in [0.15, 0.2) is 0 Å². The summed E-state index contributed by atoms with van der Waals surface area (Å²) in [5.74, 6) is -1.41. The fourth-order valence-electron chi connectivity index (χ4n) is 0.754. The van der Waals surface area contributed by atoms with Crippen LogP contribution in [0.25, 0.3) is 0 Å². The minimum absolute atomic E-state index is 0.274. The summed E-state index contributed by atoms with van der Waals surface area (Å²) in [7, 11) is 0. The average Bonchev–Trinajstić information content (AvgIpc) is 2.01. The largest absolute Gasteiger partial charge is 0.449 e. The molecule has 1 N–H and O–H groups in total. The van der Waals surface area contributed by atoms with Gasteiger partial charge in [0.25, 0.3) is 0 Å². The molecule has 1 rings (SSSR count). The highest BCUT2D eigenvalue weighted by molar-refractivity contribution is 5.89. The van der Waals surface area contributed by atoms with Crippen molar-refractivity contribution in [2.24, 2.45) is 4.99 Å². The molecule has 0 aromatic carbocycles. The molecule has 8 heteroatoms. The maximum Gasteiger partial charge on any atom is 0.449 e. The van der Waals surface area contributed by atoms with Crippen LogP contribution < -0.4 is 5.32 Å². The SMILES string of the molecule is FC(F)(F)C1=CNC(C(F)(F)F)=NC1. The topological polar surface area (TPSA) is 24.4 Å². The predicted octanol–water partition coefficient (Wildman–Crippen LogP) is 2.00. The minimum atomic E-state index is -4.74. The van der Waals surface area contributed by atoms with Gasteiger partial charge < -0.3 is 5.32 Å². The maximum atomic E-state index is 11.9. The first-order valence-corrected chi connectivity index (χ1v) is 3.35. The molecule has 0 aromatic rings. The van der Waals surface area contributed by atoms with Crippen LogP contribution in [0.1, 0.15) is 0 Å². The molecule has 0 atom stereocenters. The fraction of sp³-hybridized carbons (Fsp3) is 0.500. The van der Waals surface area contributed by atoms with Crippen molar-refractivity contribution in [2.45, 2.75) is 12.4 Å². The van der Waals surface area contributed by atoms with E-state index < -0.39 is 30.3 Å². The van der Waals surface area contributed by atoms with Crippen LogP contribution in [-0.4, -0.2) is 24.7 Å². The smallest absolute Gasteiger partial charge is 0.342 e. The Kier molecular flexibility index (Phi) is 2.47. The monoisotopic (exact) mass is 218 g/mol. The van der Waals surface area contributed by atoms with Gasteiger partial charge in [-0.25, -0.2) is 0 Å². The number of amidine groups is 1. The zero-order valence-corrected chi connectivity index (χ0v) is 6.50. The molecule has 2 nitrogen and oxygen atoms in total. The Balaban J connectivity index is 2.72. The molecule has 0 aliphatic carbocycles. The molecule has 0 saturated carbocycles. The Bertz CT molecular complexity index is 254. The molecule has 0 spiro atoms. The van der Waals surface area contributed by atoms with Crippen LogP contribution >= 0.6 is 0 Å². The van der Waals surface area contributed by atoms with Crippen LogP contribution in [0.3, 0.4) is 0 Å². The summed E-state index contributed by atoms with van der Waals surface area (Å²) in [6.07, 6.45) is -9.11. The number of nitrogens with one attached hydrogen (secondary N) is 1. The molecule has 0 saturated heterocycles. The van der Waals surface area contributed by atoms with Crippen LogP contribution in [-0.2, 0) is 0 Å². The molecule has 0 unspecified atom stereocenters. The normalized spacial score (nSPS) is 18.4. The van der Waals surface area contributed by atoms with E-state index in [1.54, 1.807) is 0 Å². The van der Waals surface area contributed by atoms with Gasteiger partial charge in [0, 0.05) is 6.20 Å². The van der Waals surface area contributed by atoms with Crippen molar-refractivity contribution < 1.29 is 26.3 Å². The van der Waals surface area contributed by atoms with Crippen molar-refractivity contribution in [3.05, 3.63) is 11.8 Å². The predicted molar refractivity (Wildman–Crippen MR) is 35.6 cm³/mol. The lowest BCUT2D eigenvalue weighted by molar-refractivity contribution is -0.0936. The average molecular weight is 218 g/mol. The van der Waals surface area contributed by atoms with Gasteiger partial charge in [-0.1, -0.05) is 0 Å². The van der Waals surface area contributed by atoms with Crippen LogP contribution in [0.4, 0.5) is 26.3 Å². The summed E-state index contributed by atoms with van der Waals surface area (Å²) in [5.41, 5.74) is -1.13. The second-order valence-electron chi connectivity index (χ2n) is 2.47. The molecule has 1 aliphatic rings. The first-order chi connectivity index (χ1) is 6.21. The van der Waals surface area contributed by atoms with Crippen molar-refractivity contribution in [1.29, 1.82) is 0 Å². The molecule has 1 aliphatic heterocycles. The van der Waals surface area contributed by atoms with Gasteiger partial charge in [-0.3, -0.25) is 4.99 Å². The Morgan fingerprint density at radius 3 is 1.93 bits per heavy atom. The molecular formula is C6H4F6N2. The van der Waals surface area contributed by atoms with Crippen LogP contribution in [0.5, 0.6) is 0 Å². The highest BCUT2D eigenvalue weighted by atomic mass is 19.4. The number of alkyl halides is 6. The summed E-state index contributed by atoms with van der Waals surface area (Å²) in [6.45, 7) is -1.01. The highest BCUT2D eigenvalue weighted by Gasteiger charge is 2.40. The quantitative estimate of drug-likeness (QED) is 0.618. The van der Waals surface area contributed by atoms with Crippen LogP contribution in [0, 0.1) is 0 Å². The first kappa shape index (κ1) is 10.9. The van der Waals surface area contributed by atoms with Gasteiger partial charge in [0.1, 0.15) is 0 Å². The molecular weight excluding hydrogens is 214 g/mol. The first-order valence-electron chi connectivity index (χ1n) is 3.35. The molecule has 80 valence electrons. The number of rotatable bonds is 0. The van der Waals surface area contributed by atoms with Gasteiger partial charge >= 0.3 is 12.4 Å². The van der Waals surface area contributed by atoms with Crippen molar-refractivity contribution in [2.75, 3.05) is 6.54 Å². The lowest BCUT2D eigenvalue weighted by atomic mass is 10.2. The van der Waals surface area contributed by atoms with Crippen molar-refractivity contribution in [3.8, 4) is 0 Å². The van der Waals surface area contributed by atoms with E-state index in [1.165, 1.54) is 5.32 Å². The van der Waals surface area contributed by atoms with Crippen molar-refractivity contribution in [1.82, 2.24) is 5.32 Å². The van der Waals surface area contributed by atoms with Crippen LogP contribution in [0.2, 0.25) is 0 Å². The lowest BCUT2D eigenvalue weighted by Gasteiger charge is -2.18. The fourth-order valence-corrected chi connectivity index (χ4v) is 0.754. The number of aliphatic imine (C=N–C) groups is 1. The molecule has 1 heterocycles. The second kappa shape index (κ2) is 3.18. The number of hydrogen-bond acceptors (Lipinski definition) is 2. The summed E-state index contributed by atoms with van der Waals surface area (Å²) in [5, 5.41) is 1.46. The van der Waals surface area contributed by atoms with E-state index in [1.807, 2.05) is 0 Å². The number of hydrogen-bond donors (Lipinski definition) is 1. The molecule has 0 fully saturated rings. The standard InChI is InChI=1S/C6H4F6N2/c7-5(8,9)3-1-13-4(14-2-3)6(10,11)12/h1H,2H2,(H,13,14). The summed E-state index contributed by atoms with van der Waals surface area (Å²) >= 11 is 0. The van der Waals surface area contributed by atoms with Gasteiger partial charge in [-0.15, -0.1) is 0 Å². The summed E-state index contributed by atoms with van der Waals surface area (Å²) < 4.78 is 71.3. The zero-order valence-electron chi connectivity index (χ0n) is 6.50. The third-order valence-corrected chi connectivity index (χ3v) is 1.42. The third kappa shape index (κ3) is 2.39. The molecule has 0 aromatic heterocycles. The van der Waals surface area contributed by atoms with Gasteiger partial charge in [0.05, 0.1) is 12.1 Å². The Morgan fingerprint density at radius 1 is 1.07 bits per heavy atom. The van der Waals surface area contributed by atoms with E-state index in [-0.39, 0.29) is 6.20 Å². The number of nitrogens with zero attached hydrogens (tertiary/aromatic N) is 1. The van der Waals surface area contributed by atoms with Gasteiger partial charge in [-0.2, -0.15) is 26.3 Å². The summed E-state index contributed by atoms with van der Waals surface area (Å²) in [4.78, 5) is 2.74. The van der Waals surface area contributed by atoms with E-state index >= 15 is 0 Å². The van der Waals surface area contributed by atoms with E-state index in [4.69, 9.17) is 0 Å². The third-order valence-electron chi connectivity index (χ3n) is 1.42. The summed E-state index contributed by atoms with van der Waals surface area (Å²) in [6, 6.07) is 0. The Labute approximate surface area is 74.3 Å². The maximum absolute atomic E-state index is 11.9. The molecule has 0 amide bonds.